The zero-order valence-corrected chi connectivity index (χ0v) is 13.4. The van der Waals surface area contributed by atoms with Crippen LogP contribution in [0.15, 0.2) is 30.3 Å². The standard InChI is InChI=1S/C18H26N2O2/c1-15(21)20-10-9-19(13-16-7-11-22-12-8-16)14-18(20)17-5-3-2-4-6-17/h2-6,16,18H,7-14H2,1H3. The highest BCUT2D eigenvalue weighted by molar-refractivity contribution is 5.74. The lowest BCUT2D eigenvalue weighted by Gasteiger charge is -2.42. The molecule has 0 bridgehead atoms. The van der Waals surface area contributed by atoms with Gasteiger partial charge in [0, 0.05) is 46.3 Å². The Morgan fingerprint density at radius 2 is 1.91 bits per heavy atom. The van der Waals surface area contributed by atoms with Gasteiger partial charge in [0.25, 0.3) is 0 Å². The quantitative estimate of drug-likeness (QED) is 0.859. The molecule has 0 spiro atoms. The Morgan fingerprint density at radius 1 is 1.18 bits per heavy atom. The van der Waals surface area contributed by atoms with Crippen LogP contribution < -0.4 is 0 Å². The number of amides is 1. The van der Waals surface area contributed by atoms with Crippen molar-refractivity contribution in [1.82, 2.24) is 9.80 Å². The molecule has 120 valence electrons. The molecule has 1 amide bonds. The lowest BCUT2D eigenvalue weighted by atomic mass is 9.97. The van der Waals surface area contributed by atoms with E-state index in [-0.39, 0.29) is 11.9 Å². The van der Waals surface area contributed by atoms with Gasteiger partial charge in [0.2, 0.25) is 5.91 Å². The first-order chi connectivity index (χ1) is 10.7. The van der Waals surface area contributed by atoms with Gasteiger partial charge in [0.15, 0.2) is 0 Å². The van der Waals surface area contributed by atoms with Gasteiger partial charge in [0.05, 0.1) is 6.04 Å². The maximum Gasteiger partial charge on any atom is 0.220 e. The average molecular weight is 302 g/mol. The van der Waals surface area contributed by atoms with Gasteiger partial charge < -0.3 is 9.64 Å². The van der Waals surface area contributed by atoms with Crippen LogP contribution in [0.3, 0.4) is 0 Å². The minimum atomic E-state index is 0.180. The number of hydrogen-bond acceptors (Lipinski definition) is 3. The van der Waals surface area contributed by atoms with E-state index in [1.165, 1.54) is 18.4 Å². The Balaban J connectivity index is 1.68. The van der Waals surface area contributed by atoms with Crippen LogP contribution in [-0.2, 0) is 9.53 Å². The minimum Gasteiger partial charge on any atom is -0.381 e. The Morgan fingerprint density at radius 3 is 2.59 bits per heavy atom. The molecule has 4 nitrogen and oxygen atoms in total. The first-order valence-corrected chi connectivity index (χ1v) is 8.36. The normalized spacial score (nSPS) is 24.4. The van der Waals surface area contributed by atoms with Crippen molar-refractivity contribution >= 4 is 5.91 Å². The molecular formula is C18H26N2O2. The van der Waals surface area contributed by atoms with E-state index in [0.717, 1.165) is 45.3 Å². The second-order valence-electron chi connectivity index (χ2n) is 6.45. The Hall–Kier alpha value is -1.39. The third-order valence-electron chi connectivity index (χ3n) is 4.91. The van der Waals surface area contributed by atoms with Crippen molar-refractivity contribution in [3.8, 4) is 0 Å². The molecule has 0 saturated carbocycles. The summed E-state index contributed by atoms with van der Waals surface area (Å²) in [5.74, 6) is 0.925. The van der Waals surface area contributed by atoms with Crippen molar-refractivity contribution in [1.29, 1.82) is 0 Å². The predicted octanol–water partition coefficient (Wildman–Crippen LogP) is 2.32. The number of carbonyl (C=O) groups is 1. The number of carbonyl (C=O) groups excluding carboxylic acids is 1. The fraction of sp³-hybridized carbons (Fsp3) is 0.611. The molecule has 1 atom stereocenters. The number of benzene rings is 1. The summed E-state index contributed by atoms with van der Waals surface area (Å²) in [6.07, 6.45) is 2.34. The number of hydrogen-bond donors (Lipinski definition) is 0. The topological polar surface area (TPSA) is 32.8 Å². The molecule has 1 unspecified atom stereocenters. The van der Waals surface area contributed by atoms with Gasteiger partial charge in [-0.05, 0) is 24.3 Å². The number of piperazine rings is 1. The third-order valence-corrected chi connectivity index (χ3v) is 4.91. The summed E-state index contributed by atoms with van der Waals surface area (Å²) < 4.78 is 5.46. The summed E-state index contributed by atoms with van der Waals surface area (Å²) in [7, 11) is 0. The minimum absolute atomic E-state index is 0.180. The van der Waals surface area contributed by atoms with Gasteiger partial charge in [-0.2, -0.15) is 0 Å². The largest absolute Gasteiger partial charge is 0.381 e. The van der Waals surface area contributed by atoms with Crippen LogP contribution in [0, 0.1) is 5.92 Å². The van der Waals surface area contributed by atoms with E-state index >= 15 is 0 Å². The van der Waals surface area contributed by atoms with Crippen LogP contribution >= 0.6 is 0 Å². The van der Waals surface area contributed by atoms with Crippen molar-refractivity contribution in [2.24, 2.45) is 5.92 Å². The maximum atomic E-state index is 12.0. The smallest absolute Gasteiger partial charge is 0.220 e. The fourth-order valence-electron chi connectivity index (χ4n) is 3.64. The van der Waals surface area contributed by atoms with Crippen LogP contribution in [0.2, 0.25) is 0 Å². The zero-order chi connectivity index (χ0) is 15.4. The first-order valence-electron chi connectivity index (χ1n) is 8.36. The summed E-state index contributed by atoms with van der Waals surface area (Å²) in [4.78, 5) is 16.5. The zero-order valence-electron chi connectivity index (χ0n) is 13.4. The molecule has 2 aliphatic heterocycles. The molecule has 4 heteroatoms. The molecule has 0 radical (unpaired) electrons. The third kappa shape index (κ3) is 3.68. The van der Waals surface area contributed by atoms with Crippen molar-refractivity contribution < 1.29 is 9.53 Å². The van der Waals surface area contributed by atoms with Gasteiger partial charge in [0.1, 0.15) is 0 Å². The number of rotatable bonds is 3. The summed E-state index contributed by atoms with van der Waals surface area (Å²) in [6.45, 7) is 7.39. The average Bonchev–Trinajstić information content (AvgIpc) is 2.56. The molecule has 22 heavy (non-hydrogen) atoms. The van der Waals surface area contributed by atoms with Gasteiger partial charge in [-0.15, -0.1) is 0 Å². The molecule has 2 saturated heterocycles. The predicted molar refractivity (Wildman–Crippen MR) is 86.6 cm³/mol. The molecule has 1 aromatic carbocycles. The summed E-state index contributed by atoms with van der Waals surface area (Å²) >= 11 is 0. The monoisotopic (exact) mass is 302 g/mol. The Bertz CT molecular complexity index is 485. The molecule has 2 heterocycles. The van der Waals surface area contributed by atoms with Crippen molar-refractivity contribution in [3.05, 3.63) is 35.9 Å². The number of nitrogens with zero attached hydrogens (tertiary/aromatic N) is 2. The van der Waals surface area contributed by atoms with Gasteiger partial charge in [-0.1, -0.05) is 30.3 Å². The van der Waals surface area contributed by atoms with E-state index in [0.29, 0.717) is 0 Å². The van der Waals surface area contributed by atoms with Crippen LogP contribution in [0.4, 0.5) is 0 Å². The van der Waals surface area contributed by atoms with Crippen LogP contribution in [-0.4, -0.2) is 55.1 Å². The number of ether oxygens (including phenoxy) is 1. The van der Waals surface area contributed by atoms with Crippen molar-refractivity contribution in [2.75, 3.05) is 39.4 Å². The molecule has 0 aliphatic carbocycles. The maximum absolute atomic E-state index is 12.0. The Labute approximate surface area is 133 Å². The van der Waals surface area contributed by atoms with E-state index in [9.17, 15) is 4.79 Å². The molecule has 0 N–H and O–H groups in total. The molecule has 1 aromatic rings. The molecular weight excluding hydrogens is 276 g/mol. The van der Waals surface area contributed by atoms with Crippen molar-refractivity contribution in [3.63, 3.8) is 0 Å². The van der Waals surface area contributed by atoms with Crippen LogP contribution in [0.25, 0.3) is 0 Å². The summed E-state index contributed by atoms with van der Waals surface area (Å²) in [5.41, 5.74) is 1.24. The van der Waals surface area contributed by atoms with E-state index in [2.05, 4.69) is 29.2 Å². The SMILES string of the molecule is CC(=O)N1CCN(CC2CCOCC2)CC1c1ccccc1. The van der Waals surface area contributed by atoms with Crippen LogP contribution in [0.5, 0.6) is 0 Å². The second-order valence-corrected chi connectivity index (χ2v) is 6.45. The van der Waals surface area contributed by atoms with Crippen molar-refractivity contribution in [2.45, 2.75) is 25.8 Å². The summed E-state index contributed by atoms with van der Waals surface area (Å²) in [6, 6.07) is 10.6. The lowest BCUT2D eigenvalue weighted by molar-refractivity contribution is -0.134. The van der Waals surface area contributed by atoms with Crippen LogP contribution in [0.1, 0.15) is 31.4 Å². The van der Waals surface area contributed by atoms with Gasteiger partial charge >= 0.3 is 0 Å². The van der Waals surface area contributed by atoms with E-state index in [4.69, 9.17) is 4.74 Å². The van der Waals surface area contributed by atoms with E-state index in [1.54, 1.807) is 6.92 Å². The summed E-state index contributed by atoms with van der Waals surface area (Å²) in [5, 5.41) is 0. The highest BCUT2D eigenvalue weighted by Gasteiger charge is 2.30. The molecule has 2 fully saturated rings. The first kappa shape index (κ1) is 15.5. The molecule has 2 aliphatic rings. The van der Waals surface area contributed by atoms with E-state index in [1.807, 2.05) is 11.0 Å². The highest BCUT2D eigenvalue weighted by atomic mass is 16.5. The van der Waals surface area contributed by atoms with E-state index < -0.39 is 0 Å². The fourth-order valence-corrected chi connectivity index (χ4v) is 3.64. The second kappa shape index (κ2) is 7.25. The molecule has 0 aromatic heterocycles. The molecule has 3 rings (SSSR count). The van der Waals surface area contributed by atoms with Gasteiger partial charge in [-0.3, -0.25) is 9.69 Å². The Kier molecular flexibility index (Phi) is 5.11. The lowest BCUT2D eigenvalue weighted by Crippen LogP contribution is -2.51. The highest BCUT2D eigenvalue weighted by Crippen LogP contribution is 2.27. The van der Waals surface area contributed by atoms with Gasteiger partial charge in [-0.25, -0.2) is 0 Å².